The Morgan fingerprint density at radius 2 is 1.78 bits per heavy atom. The summed E-state index contributed by atoms with van der Waals surface area (Å²) in [6.07, 6.45) is -10.2. The van der Waals surface area contributed by atoms with Crippen LogP contribution in [0.2, 0.25) is 5.02 Å². The lowest BCUT2D eigenvalue weighted by Crippen LogP contribution is -2.22. The minimum Gasteiger partial charge on any atom is -0.382 e. The fourth-order valence-corrected chi connectivity index (χ4v) is 1.60. The van der Waals surface area contributed by atoms with Gasteiger partial charge < -0.3 is 5.73 Å². The molecule has 0 atom stereocenters. The number of amidine groups is 1. The van der Waals surface area contributed by atoms with Crippen LogP contribution in [0.4, 0.5) is 32.0 Å². The molecule has 0 aromatic heterocycles. The molecule has 0 radical (unpaired) electrons. The highest BCUT2D eigenvalue weighted by Crippen LogP contribution is 2.42. The Labute approximate surface area is 129 Å². The topological polar surface area (TPSA) is 98.0 Å². The van der Waals surface area contributed by atoms with Crippen molar-refractivity contribution in [1.82, 2.24) is 0 Å². The molecule has 0 aliphatic rings. The van der Waals surface area contributed by atoms with E-state index >= 15 is 0 Å². The summed E-state index contributed by atoms with van der Waals surface area (Å²) in [4.78, 5) is 0. The number of nitrogens with two attached hydrogens (primary N) is 1. The molecule has 0 amide bonds. The zero-order chi connectivity index (χ0) is 18.0. The van der Waals surface area contributed by atoms with Gasteiger partial charge >= 0.3 is 12.4 Å². The summed E-state index contributed by atoms with van der Waals surface area (Å²) in [7, 11) is 0. The van der Waals surface area contributed by atoms with Gasteiger partial charge in [-0.25, -0.2) is 0 Å². The van der Waals surface area contributed by atoms with Crippen molar-refractivity contribution in [1.29, 1.82) is 10.7 Å². The fourth-order valence-electron chi connectivity index (χ4n) is 1.34. The molecule has 0 spiro atoms. The standard InChI is InChI=1S/C11H6ClF6N5/c12-8-5(11(16,17)18)1-4(10(13,14)15)2-6(8)22-23-7(3-19)9(20)21/h1-2,22H,(H3,20,21)/b23-7+. The normalized spacial score (nSPS) is 12.7. The van der Waals surface area contributed by atoms with Gasteiger partial charge in [0.25, 0.3) is 0 Å². The summed E-state index contributed by atoms with van der Waals surface area (Å²) in [5.74, 6) is -0.834. The third kappa shape index (κ3) is 4.49. The van der Waals surface area contributed by atoms with Crippen molar-refractivity contribution >= 4 is 28.8 Å². The van der Waals surface area contributed by atoms with Gasteiger partial charge in [-0.1, -0.05) is 11.6 Å². The number of rotatable bonds is 3. The minimum atomic E-state index is -5.14. The highest BCUT2D eigenvalue weighted by atomic mass is 35.5. The van der Waals surface area contributed by atoms with E-state index in [1.54, 1.807) is 5.43 Å². The highest BCUT2D eigenvalue weighted by Gasteiger charge is 2.39. The third-order valence-corrected chi connectivity index (χ3v) is 2.76. The summed E-state index contributed by atoms with van der Waals surface area (Å²) in [6, 6.07) is 1.47. The van der Waals surface area contributed by atoms with Gasteiger partial charge in [0.1, 0.15) is 6.07 Å². The van der Waals surface area contributed by atoms with Gasteiger partial charge in [0.2, 0.25) is 5.71 Å². The van der Waals surface area contributed by atoms with E-state index in [1.165, 1.54) is 6.07 Å². The molecule has 124 valence electrons. The largest absolute Gasteiger partial charge is 0.417 e. The monoisotopic (exact) mass is 357 g/mol. The van der Waals surface area contributed by atoms with E-state index < -0.39 is 45.7 Å². The van der Waals surface area contributed by atoms with Crippen molar-refractivity contribution in [3.63, 3.8) is 0 Å². The lowest BCUT2D eigenvalue weighted by Gasteiger charge is -2.16. The van der Waals surface area contributed by atoms with E-state index in [-0.39, 0.29) is 12.1 Å². The summed E-state index contributed by atoms with van der Waals surface area (Å²) in [5, 5.41) is 17.6. The molecule has 0 saturated heterocycles. The number of anilines is 1. The molecule has 0 unspecified atom stereocenters. The van der Waals surface area contributed by atoms with E-state index in [9.17, 15) is 26.3 Å². The van der Waals surface area contributed by atoms with Gasteiger partial charge in [-0.05, 0) is 12.1 Å². The van der Waals surface area contributed by atoms with Gasteiger partial charge in [0, 0.05) is 0 Å². The van der Waals surface area contributed by atoms with E-state index in [1.807, 2.05) is 0 Å². The second-order valence-electron chi connectivity index (χ2n) is 3.98. The van der Waals surface area contributed by atoms with Crippen LogP contribution in [0.15, 0.2) is 17.2 Å². The van der Waals surface area contributed by atoms with Crippen LogP contribution in [-0.4, -0.2) is 11.5 Å². The molecule has 0 bridgehead atoms. The van der Waals surface area contributed by atoms with Crippen LogP contribution in [0.25, 0.3) is 0 Å². The van der Waals surface area contributed by atoms with Gasteiger partial charge in [-0.15, -0.1) is 0 Å². The quantitative estimate of drug-likeness (QED) is 0.333. The first-order chi connectivity index (χ1) is 10.4. The Morgan fingerprint density at radius 1 is 1.22 bits per heavy atom. The number of nitriles is 1. The highest BCUT2D eigenvalue weighted by molar-refractivity contribution is 6.46. The molecule has 0 aliphatic carbocycles. The Kier molecular flexibility index (Phi) is 5.11. The predicted molar refractivity (Wildman–Crippen MR) is 70.0 cm³/mol. The summed E-state index contributed by atoms with van der Waals surface area (Å²) in [5.41, 5.74) is 1.79. The molecule has 0 aliphatic heterocycles. The molecule has 12 heteroatoms. The summed E-state index contributed by atoms with van der Waals surface area (Å²) in [6.45, 7) is 0. The Balaban J connectivity index is 3.48. The first kappa shape index (κ1) is 18.6. The maximum atomic E-state index is 12.8. The van der Waals surface area contributed by atoms with E-state index in [0.717, 1.165) is 0 Å². The van der Waals surface area contributed by atoms with Crippen LogP contribution in [0.1, 0.15) is 11.1 Å². The molecule has 0 saturated carbocycles. The summed E-state index contributed by atoms with van der Waals surface area (Å²) >= 11 is 5.43. The van der Waals surface area contributed by atoms with Crippen molar-refractivity contribution in [3.05, 3.63) is 28.3 Å². The number of benzene rings is 1. The number of nitrogens with one attached hydrogen (secondary N) is 2. The molecule has 4 N–H and O–H groups in total. The lowest BCUT2D eigenvalue weighted by molar-refractivity contribution is -0.142. The maximum Gasteiger partial charge on any atom is 0.417 e. The fraction of sp³-hybridized carbons (Fsp3) is 0.182. The number of hydrogen-bond donors (Lipinski definition) is 3. The van der Waals surface area contributed by atoms with Crippen molar-refractivity contribution in [2.24, 2.45) is 10.8 Å². The van der Waals surface area contributed by atoms with Crippen molar-refractivity contribution < 1.29 is 26.3 Å². The Bertz CT molecular complexity index is 701. The van der Waals surface area contributed by atoms with E-state index in [4.69, 9.17) is 28.0 Å². The number of nitrogens with zero attached hydrogens (tertiary/aromatic N) is 2. The first-order valence-electron chi connectivity index (χ1n) is 5.44. The number of alkyl halides is 6. The third-order valence-electron chi connectivity index (χ3n) is 2.35. The zero-order valence-electron chi connectivity index (χ0n) is 10.8. The number of hydrogen-bond acceptors (Lipinski definition) is 4. The predicted octanol–water partition coefficient (Wildman–Crippen LogP) is 3.61. The first-order valence-corrected chi connectivity index (χ1v) is 5.82. The van der Waals surface area contributed by atoms with Crippen LogP contribution in [0, 0.1) is 16.7 Å². The molecular formula is C11H6ClF6N5. The number of hydrazone groups is 1. The maximum absolute atomic E-state index is 12.8. The van der Waals surface area contributed by atoms with Crippen LogP contribution in [0.5, 0.6) is 0 Å². The van der Waals surface area contributed by atoms with Crippen molar-refractivity contribution in [3.8, 4) is 6.07 Å². The van der Waals surface area contributed by atoms with Gasteiger partial charge in [0.05, 0.1) is 21.8 Å². The molecule has 23 heavy (non-hydrogen) atoms. The number of halogens is 7. The smallest absolute Gasteiger partial charge is 0.382 e. The molecular weight excluding hydrogens is 352 g/mol. The molecule has 1 aromatic rings. The SMILES string of the molecule is N#C/C(=N\Nc1cc(C(F)(F)F)cc(C(F)(F)F)c1Cl)C(=N)N. The Hall–Kier alpha value is -2.48. The van der Waals surface area contributed by atoms with Crippen molar-refractivity contribution in [2.75, 3.05) is 5.43 Å². The van der Waals surface area contributed by atoms with Crippen LogP contribution in [-0.2, 0) is 12.4 Å². The van der Waals surface area contributed by atoms with Gasteiger partial charge in [-0.2, -0.15) is 36.7 Å². The average Bonchev–Trinajstić information content (AvgIpc) is 2.37. The van der Waals surface area contributed by atoms with E-state index in [0.29, 0.717) is 0 Å². The average molecular weight is 358 g/mol. The molecule has 1 aromatic carbocycles. The van der Waals surface area contributed by atoms with Crippen LogP contribution >= 0.6 is 11.6 Å². The minimum absolute atomic E-state index is 0.145. The van der Waals surface area contributed by atoms with Crippen LogP contribution < -0.4 is 11.2 Å². The molecule has 1 rings (SSSR count). The molecule has 0 heterocycles. The van der Waals surface area contributed by atoms with Crippen LogP contribution in [0.3, 0.4) is 0 Å². The zero-order valence-corrected chi connectivity index (χ0v) is 11.5. The van der Waals surface area contributed by atoms with Crippen molar-refractivity contribution in [2.45, 2.75) is 12.4 Å². The Morgan fingerprint density at radius 3 is 2.17 bits per heavy atom. The van der Waals surface area contributed by atoms with Gasteiger partial charge in [-0.3, -0.25) is 10.8 Å². The van der Waals surface area contributed by atoms with E-state index in [2.05, 4.69) is 5.10 Å². The second-order valence-corrected chi connectivity index (χ2v) is 4.36. The lowest BCUT2D eigenvalue weighted by atomic mass is 10.1. The summed E-state index contributed by atoms with van der Waals surface area (Å²) < 4.78 is 76.3. The molecule has 5 nitrogen and oxygen atoms in total. The van der Waals surface area contributed by atoms with Gasteiger partial charge in [0.15, 0.2) is 5.84 Å². The molecule has 0 fully saturated rings. The second kappa shape index (κ2) is 6.33.